The summed E-state index contributed by atoms with van der Waals surface area (Å²) in [6.07, 6.45) is 4.32. The smallest absolute Gasteiger partial charge is 0.404 e. The average Bonchev–Trinajstić information content (AvgIpc) is 3.39. The highest BCUT2D eigenvalue weighted by Gasteiger charge is 2.68. The summed E-state index contributed by atoms with van der Waals surface area (Å²) in [6.45, 7) is 12.8. The van der Waals surface area contributed by atoms with Crippen LogP contribution in [0.3, 0.4) is 0 Å². The van der Waals surface area contributed by atoms with Crippen molar-refractivity contribution in [3.63, 3.8) is 0 Å². The molecule has 9 nitrogen and oxygen atoms in total. The quantitative estimate of drug-likeness (QED) is 0.277. The van der Waals surface area contributed by atoms with Crippen LogP contribution < -0.4 is 16.0 Å². The van der Waals surface area contributed by atoms with Gasteiger partial charge in [0.2, 0.25) is 5.91 Å². The van der Waals surface area contributed by atoms with Crippen LogP contribution >= 0.6 is 0 Å². The largest absolute Gasteiger partial charge is 0.481 e. The third kappa shape index (κ3) is 6.17. The highest BCUT2D eigenvalue weighted by molar-refractivity contribution is 6.48. The van der Waals surface area contributed by atoms with E-state index in [9.17, 15) is 14.4 Å². The Hall–Kier alpha value is -3.76. The van der Waals surface area contributed by atoms with Crippen molar-refractivity contribution in [1.29, 1.82) is 0 Å². The van der Waals surface area contributed by atoms with E-state index in [2.05, 4.69) is 55.6 Å². The lowest BCUT2D eigenvalue weighted by atomic mass is 9.43. The van der Waals surface area contributed by atoms with Crippen molar-refractivity contribution < 1.29 is 23.7 Å². The highest BCUT2D eigenvalue weighted by Crippen LogP contribution is 2.65. The molecule has 6 atom stereocenters. The molecule has 46 heavy (non-hydrogen) atoms. The van der Waals surface area contributed by atoms with E-state index in [1.165, 1.54) is 0 Å². The number of carbonyl (C=O) groups excluding carboxylic acids is 3. The molecule has 7 rings (SSSR count). The average molecular weight is 625 g/mol. The number of benzene rings is 2. The second-order valence-corrected chi connectivity index (χ2v) is 14.6. The first kappa shape index (κ1) is 32.2. The Kier molecular flexibility index (Phi) is 8.72. The van der Waals surface area contributed by atoms with Crippen molar-refractivity contribution in [2.75, 3.05) is 6.54 Å². The van der Waals surface area contributed by atoms with Gasteiger partial charge in [0, 0.05) is 23.7 Å². The van der Waals surface area contributed by atoms with Crippen LogP contribution in [-0.4, -0.2) is 60.1 Å². The zero-order valence-electron chi connectivity index (χ0n) is 27.6. The molecule has 2 heterocycles. The lowest BCUT2D eigenvalue weighted by molar-refractivity contribution is -0.199. The van der Waals surface area contributed by atoms with Crippen molar-refractivity contribution in [1.82, 2.24) is 20.9 Å². The molecule has 1 saturated heterocycles. The number of rotatable bonds is 10. The van der Waals surface area contributed by atoms with Crippen molar-refractivity contribution in [3.05, 3.63) is 77.6 Å². The van der Waals surface area contributed by atoms with Gasteiger partial charge in [-0.3, -0.25) is 19.4 Å². The van der Waals surface area contributed by atoms with Crippen LogP contribution in [-0.2, 0) is 14.1 Å². The first-order valence-electron chi connectivity index (χ1n) is 16.5. The van der Waals surface area contributed by atoms with Gasteiger partial charge in [-0.1, -0.05) is 69.7 Å². The number of aromatic nitrogens is 1. The molecule has 3 N–H and O–H groups in total. The Bertz CT molecular complexity index is 1630. The van der Waals surface area contributed by atoms with E-state index in [4.69, 9.17) is 9.31 Å². The molecule has 3 saturated carbocycles. The second-order valence-electron chi connectivity index (χ2n) is 14.6. The molecule has 3 aliphatic carbocycles. The van der Waals surface area contributed by atoms with E-state index >= 15 is 0 Å². The topological polar surface area (TPSA) is 119 Å². The lowest BCUT2D eigenvalue weighted by Crippen LogP contribution is -2.65. The molecular formula is C36H45BN4O5. The third-order valence-electron chi connectivity index (χ3n) is 10.6. The summed E-state index contributed by atoms with van der Waals surface area (Å²) in [6, 6.07) is 15.4. The van der Waals surface area contributed by atoms with Gasteiger partial charge in [-0.05, 0) is 79.9 Å². The maximum Gasteiger partial charge on any atom is 0.481 e. The number of amides is 3. The van der Waals surface area contributed by atoms with Gasteiger partial charge in [-0.25, -0.2) is 0 Å². The number of nitrogens with zero attached hydrogens (tertiary/aromatic N) is 1. The van der Waals surface area contributed by atoms with E-state index in [0.29, 0.717) is 23.8 Å². The Balaban J connectivity index is 1.21. The molecule has 1 aromatic heterocycles. The molecule has 10 heteroatoms. The van der Waals surface area contributed by atoms with Crippen molar-refractivity contribution in [3.8, 4) is 0 Å². The van der Waals surface area contributed by atoms with Crippen LogP contribution in [0.15, 0.2) is 60.8 Å². The van der Waals surface area contributed by atoms with E-state index < -0.39 is 36.5 Å². The minimum absolute atomic E-state index is 0.0240. The van der Waals surface area contributed by atoms with Gasteiger partial charge >= 0.3 is 7.12 Å². The normalized spacial score (nSPS) is 25.7. The first-order valence-corrected chi connectivity index (χ1v) is 16.5. The fraction of sp³-hybridized carbons (Fsp3) is 0.500. The molecule has 3 amide bonds. The van der Waals surface area contributed by atoms with E-state index in [1.54, 1.807) is 24.4 Å². The number of fused-ring (bicyclic) bond motifs is 1. The first-order chi connectivity index (χ1) is 21.8. The summed E-state index contributed by atoms with van der Waals surface area (Å²) in [5.41, 5.74) is 1.46. The highest BCUT2D eigenvalue weighted by atomic mass is 16.7. The van der Waals surface area contributed by atoms with E-state index in [0.717, 1.165) is 29.2 Å². The van der Waals surface area contributed by atoms with Gasteiger partial charge in [0.1, 0.15) is 11.7 Å². The zero-order chi connectivity index (χ0) is 32.8. The standard InChI is InChI=1S/C36H45BN4O5/c1-21(2)15-31(37-45-30-18-26-17-29(35(26,4)5)36(30,6)46-37)41-34(44)28(20-39-32(42)23-13-11-22(3)12-14-23)40-33(43)27-16-24-9-7-8-10-25(24)19-38-27/h7-14,16,19,21,26,28-31H,15,17-18,20H2,1-6H3,(H,39,42)(H,40,43)(H,41,44)/t26-,28+,29-,30-,31+,36+/m1/s1. The zero-order valence-corrected chi connectivity index (χ0v) is 27.6. The Morgan fingerprint density at radius 3 is 2.39 bits per heavy atom. The number of nitrogens with one attached hydrogen (secondary N) is 3. The molecule has 242 valence electrons. The van der Waals surface area contributed by atoms with E-state index in [1.807, 2.05) is 43.3 Å². The minimum atomic E-state index is -1.07. The molecule has 4 aliphatic rings. The molecule has 2 aromatic carbocycles. The number of hydrogen-bond acceptors (Lipinski definition) is 6. The summed E-state index contributed by atoms with van der Waals surface area (Å²) in [7, 11) is -0.614. The number of pyridine rings is 1. The van der Waals surface area contributed by atoms with Gasteiger partial charge in [-0.15, -0.1) is 0 Å². The molecule has 1 aliphatic heterocycles. The second kappa shape index (κ2) is 12.5. The van der Waals surface area contributed by atoms with Crippen LogP contribution in [0.1, 0.15) is 80.3 Å². The Morgan fingerprint density at radius 1 is 0.978 bits per heavy atom. The fourth-order valence-electron chi connectivity index (χ4n) is 7.75. The summed E-state index contributed by atoms with van der Waals surface area (Å²) in [5.74, 6) is -0.476. The fourth-order valence-corrected chi connectivity index (χ4v) is 7.75. The Morgan fingerprint density at radius 2 is 1.70 bits per heavy atom. The maximum absolute atomic E-state index is 14.0. The van der Waals surface area contributed by atoms with Crippen LogP contribution in [0.5, 0.6) is 0 Å². The Labute approximate surface area is 271 Å². The molecule has 0 spiro atoms. The molecule has 3 aromatic rings. The lowest BCUT2D eigenvalue weighted by Gasteiger charge is -2.64. The molecule has 0 radical (unpaired) electrons. The van der Waals surface area contributed by atoms with Crippen LogP contribution in [0.4, 0.5) is 0 Å². The monoisotopic (exact) mass is 624 g/mol. The molecular weight excluding hydrogens is 579 g/mol. The SMILES string of the molecule is Cc1ccc(C(=O)NC[C@H](NC(=O)c2cc3ccccc3cn2)C(=O)N[C@@H](CC(C)C)B2O[C@@H]3C[C@H]4C[C@H](C4(C)C)[C@]3(C)O2)cc1. The van der Waals surface area contributed by atoms with E-state index in [-0.39, 0.29) is 35.6 Å². The van der Waals surface area contributed by atoms with Gasteiger partial charge < -0.3 is 25.3 Å². The summed E-state index contributed by atoms with van der Waals surface area (Å²) in [4.78, 5) is 44.9. The molecule has 0 unspecified atom stereocenters. The molecule has 4 fully saturated rings. The van der Waals surface area contributed by atoms with Gasteiger partial charge in [-0.2, -0.15) is 0 Å². The predicted molar refractivity (Wildman–Crippen MR) is 178 cm³/mol. The van der Waals surface area contributed by atoms with Crippen LogP contribution in [0.2, 0.25) is 0 Å². The van der Waals surface area contributed by atoms with Crippen molar-refractivity contribution in [2.45, 2.75) is 84.5 Å². The molecule has 2 bridgehead atoms. The number of carbonyl (C=O) groups is 3. The number of hydrogen-bond donors (Lipinski definition) is 3. The summed E-state index contributed by atoms with van der Waals surface area (Å²) >= 11 is 0. The van der Waals surface area contributed by atoms with Gasteiger partial charge in [0.25, 0.3) is 11.8 Å². The van der Waals surface area contributed by atoms with Crippen molar-refractivity contribution in [2.24, 2.45) is 23.2 Å². The van der Waals surface area contributed by atoms with Crippen molar-refractivity contribution >= 4 is 35.6 Å². The van der Waals surface area contributed by atoms with Gasteiger partial charge in [0.05, 0.1) is 17.6 Å². The number of aryl methyl sites for hydroxylation is 1. The maximum atomic E-state index is 14.0. The summed E-state index contributed by atoms with van der Waals surface area (Å²) in [5, 5.41) is 10.6. The van der Waals surface area contributed by atoms with Crippen LogP contribution in [0.25, 0.3) is 10.8 Å². The summed E-state index contributed by atoms with van der Waals surface area (Å²) < 4.78 is 13.3. The third-order valence-corrected chi connectivity index (χ3v) is 10.6. The predicted octanol–water partition coefficient (Wildman–Crippen LogP) is 4.87. The van der Waals surface area contributed by atoms with Gasteiger partial charge in [0.15, 0.2) is 0 Å². The minimum Gasteiger partial charge on any atom is -0.404 e. The van der Waals surface area contributed by atoms with Crippen LogP contribution in [0, 0.1) is 30.1 Å².